The van der Waals surface area contributed by atoms with Gasteiger partial charge in [0, 0.05) is 19.1 Å². The van der Waals surface area contributed by atoms with E-state index in [2.05, 4.69) is 0 Å². The number of piperidine rings is 1. The molecule has 2 rings (SSSR count). The minimum atomic E-state index is 0.0458. The molecule has 1 saturated heterocycles. The maximum Gasteiger partial charge on any atom is 0.257 e. The first-order valence-electron chi connectivity index (χ1n) is 5.70. The Labute approximate surface area is 95.4 Å². The monoisotopic (exact) mass is 222 g/mol. The second-order valence-corrected chi connectivity index (χ2v) is 4.48. The normalized spacial score (nSPS) is 21.2. The molecular formula is C12H18N2O2. The summed E-state index contributed by atoms with van der Waals surface area (Å²) in [7, 11) is 0. The van der Waals surface area contributed by atoms with Crippen LogP contribution in [-0.2, 0) is 0 Å². The molecule has 1 aromatic rings. The van der Waals surface area contributed by atoms with Crippen LogP contribution in [0.2, 0.25) is 0 Å². The molecule has 2 N–H and O–H groups in total. The Morgan fingerprint density at radius 1 is 1.56 bits per heavy atom. The number of nitrogens with zero attached hydrogens (tertiary/aromatic N) is 1. The van der Waals surface area contributed by atoms with Crippen LogP contribution in [0, 0.1) is 13.8 Å². The van der Waals surface area contributed by atoms with Gasteiger partial charge in [-0.2, -0.15) is 0 Å². The Morgan fingerprint density at radius 2 is 2.31 bits per heavy atom. The molecule has 1 atom stereocenters. The van der Waals surface area contributed by atoms with Crippen molar-refractivity contribution in [2.24, 2.45) is 5.73 Å². The maximum atomic E-state index is 12.2. The summed E-state index contributed by atoms with van der Waals surface area (Å²) in [5.41, 5.74) is 6.54. The standard InChI is InChI=1S/C12H18N2O2/c1-8-6-11(9(2)16-8)12(15)14-5-3-4-10(13)7-14/h6,10H,3-5,7,13H2,1-2H3. The Hall–Kier alpha value is -1.29. The summed E-state index contributed by atoms with van der Waals surface area (Å²) in [6.45, 7) is 5.13. The Balaban J connectivity index is 2.15. The van der Waals surface area contributed by atoms with Crippen molar-refractivity contribution in [3.63, 3.8) is 0 Å². The number of carbonyl (C=O) groups is 1. The van der Waals surface area contributed by atoms with Crippen molar-refractivity contribution in [3.8, 4) is 0 Å². The van der Waals surface area contributed by atoms with Crippen molar-refractivity contribution in [1.29, 1.82) is 0 Å². The first kappa shape index (κ1) is 11.2. The minimum absolute atomic E-state index is 0.0458. The van der Waals surface area contributed by atoms with E-state index in [9.17, 15) is 4.79 Å². The Bertz CT molecular complexity index is 398. The van der Waals surface area contributed by atoms with Gasteiger partial charge in [-0.3, -0.25) is 4.79 Å². The highest BCUT2D eigenvalue weighted by atomic mass is 16.3. The summed E-state index contributed by atoms with van der Waals surface area (Å²) in [6, 6.07) is 1.92. The molecule has 1 unspecified atom stereocenters. The second-order valence-electron chi connectivity index (χ2n) is 4.48. The lowest BCUT2D eigenvalue weighted by Gasteiger charge is -2.30. The fraction of sp³-hybridized carbons (Fsp3) is 0.583. The van der Waals surface area contributed by atoms with Crippen molar-refractivity contribution in [2.75, 3.05) is 13.1 Å². The minimum Gasteiger partial charge on any atom is -0.466 e. The van der Waals surface area contributed by atoms with Crippen molar-refractivity contribution in [2.45, 2.75) is 32.7 Å². The van der Waals surface area contributed by atoms with Crippen molar-refractivity contribution >= 4 is 5.91 Å². The van der Waals surface area contributed by atoms with Gasteiger partial charge in [0.25, 0.3) is 5.91 Å². The zero-order valence-electron chi connectivity index (χ0n) is 9.82. The van der Waals surface area contributed by atoms with E-state index in [4.69, 9.17) is 10.2 Å². The van der Waals surface area contributed by atoms with Crippen LogP contribution in [0.4, 0.5) is 0 Å². The highest BCUT2D eigenvalue weighted by Gasteiger charge is 2.24. The summed E-state index contributed by atoms with van der Waals surface area (Å²) in [5.74, 6) is 1.52. The van der Waals surface area contributed by atoms with E-state index < -0.39 is 0 Å². The molecule has 0 bridgehead atoms. The van der Waals surface area contributed by atoms with E-state index in [1.807, 2.05) is 18.7 Å². The van der Waals surface area contributed by atoms with Crippen molar-refractivity contribution in [1.82, 2.24) is 4.90 Å². The van der Waals surface area contributed by atoms with Crippen LogP contribution in [0.25, 0.3) is 0 Å². The summed E-state index contributed by atoms with van der Waals surface area (Å²) in [4.78, 5) is 14.0. The Morgan fingerprint density at radius 3 is 2.88 bits per heavy atom. The van der Waals surface area contributed by atoms with Gasteiger partial charge < -0.3 is 15.1 Å². The van der Waals surface area contributed by atoms with Gasteiger partial charge in [-0.15, -0.1) is 0 Å². The van der Waals surface area contributed by atoms with Crippen LogP contribution in [-0.4, -0.2) is 29.9 Å². The quantitative estimate of drug-likeness (QED) is 0.782. The van der Waals surface area contributed by atoms with E-state index in [1.165, 1.54) is 0 Å². The number of amides is 1. The molecule has 0 spiro atoms. The van der Waals surface area contributed by atoms with Gasteiger partial charge >= 0.3 is 0 Å². The van der Waals surface area contributed by atoms with Gasteiger partial charge in [-0.05, 0) is 32.8 Å². The summed E-state index contributed by atoms with van der Waals surface area (Å²) >= 11 is 0. The highest BCUT2D eigenvalue weighted by Crippen LogP contribution is 2.18. The summed E-state index contributed by atoms with van der Waals surface area (Å²) in [5, 5.41) is 0. The average molecular weight is 222 g/mol. The molecule has 1 aliphatic rings. The van der Waals surface area contributed by atoms with Crippen molar-refractivity contribution in [3.05, 3.63) is 23.2 Å². The fourth-order valence-corrected chi connectivity index (χ4v) is 2.21. The first-order valence-corrected chi connectivity index (χ1v) is 5.70. The van der Waals surface area contributed by atoms with Crippen LogP contribution in [0.15, 0.2) is 10.5 Å². The summed E-state index contributed by atoms with van der Waals surface area (Å²) in [6.07, 6.45) is 2.00. The SMILES string of the molecule is Cc1cc(C(=O)N2CCCC(N)C2)c(C)o1. The van der Waals surface area contributed by atoms with Gasteiger partial charge in [0.15, 0.2) is 0 Å². The summed E-state index contributed by atoms with van der Waals surface area (Å²) < 4.78 is 5.37. The zero-order chi connectivity index (χ0) is 11.7. The lowest BCUT2D eigenvalue weighted by atomic mass is 10.1. The topological polar surface area (TPSA) is 59.5 Å². The number of hydrogen-bond acceptors (Lipinski definition) is 3. The second kappa shape index (κ2) is 4.29. The van der Waals surface area contributed by atoms with E-state index in [0.29, 0.717) is 17.9 Å². The van der Waals surface area contributed by atoms with E-state index in [1.54, 1.807) is 6.07 Å². The van der Waals surface area contributed by atoms with Crippen LogP contribution < -0.4 is 5.73 Å². The lowest BCUT2D eigenvalue weighted by molar-refractivity contribution is 0.0707. The number of rotatable bonds is 1. The highest BCUT2D eigenvalue weighted by molar-refractivity contribution is 5.95. The number of likely N-dealkylation sites (tertiary alicyclic amines) is 1. The molecule has 0 radical (unpaired) electrons. The number of hydrogen-bond donors (Lipinski definition) is 1. The average Bonchev–Trinajstić information content (AvgIpc) is 2.57. The lowest BCUT2D eigenvalue weighted by Crippen LogP contribution is -2.45. The largest absolute Gasteiger partial charge is 0.466 e. The number of nitrogens with two attached hydrogens (primary N) is 1. The third-order valence-corrected chi connectivity index (χ3v) is 3.02. The molecule has 2 heterocycles. The maximum absolute atomic E-state index is 12.2. The molecule has 4 heteroatoms. The van der Waals surface area contributed by atoms with Crippen LogP contribution in [0.3, 0.4) is 0 Å². The molecule has 0 saturated carbocycles. The molecule has 1 amide bonds. The number of aryl methyl sites for hydroxylation is 2. The van der Waals surface area contributed by atoms with E-state index in [0.717, 1.165) is 25.1 Å². The molecule has 88 valence electrons. The molecule has 1 fully saturated rings. The molecule has 0 aliphatic carbocycles. The smallest absolute Gasteiger partial charge is 0.257 e. The molecule has 16 heavy (non-hydrogen) atoms. The molecule has 1 aromatic heterocycles. The fourth-order valence-electron chi connectivity index (χ4n) is 2.21. The molecule has 4 nitrogen and oxygen atoms in total. The zero-order valence-corrected chi connectivity index (χ0v) is 9.82. The van der Waals surface area contributed by atoms with E-state index >= 15 is 0 Å². The predicted octanol–water partition coefficient (Wildman–Crippen LogP) is 1.46. The molecule has 1 aliphatic heterocycles. The third-order valence-electron chi connectivity index (χ3n) is 3.02. The van der Waals surface area contributed by atoms with Gasteiger partial charge in [-0.25, -0.2) is 0 Å². The molecule has 0 aromatic carbocycles. The number of carbonyl (C=O) groups excluding carboxylic acids is 1. The Kier molecular flexibility index (Phi) is 3.01. The van der Waals surface area contributed by atoms with Gasteiger partial charge in [0.05, 0.1) is 5.56 Å². The van der Waals surface area contributed by atoms with Crippen LogP contribution >= 0.6 is 0 Å². The van der Waals surface area contributed by atoms with Crippen LogP contribution in [0.1, 0.15) is 34.7 Å². The first-order chi connectivity index (χ1) is 7.58. The predicted molar refractivity (Wildman–Crippen MR) is 61.3 cm³/mol. The number of furan rings is 1. The van der Waals surface area contributed by atoms with Gasteiger partial charge in [-0.1, -0.05) is 0 Å². The molecular weight excluding hydrogens is 204 g/mol. The van der Waals surface area contributed by atoms with Gasteiger partial charge in [0.2, 0.25) is 0 Å². The van der Waals surface area contributed by atoms with E-state index in [-0.39, 0.29) is 11.9 Å². The van der Waals surface area contributed by atoms with Crippen LogP contribution in [0.5, 0.6) is 0 Å². The third kappa shape index (κ3) is 2.11. The van der Waals surface area contributed by atoms with Gasteiger partial charge in [0.1, 0.15) is 11.5 Å². The van der Waals surface area contributed by atoms with Crippen molar-refractivity contribution < 1.29 is 9.21 Å².